The molecule has 2 N–H and O–H groups in total. The van der Waals surface area contributed by atoms with Crippen molar-refractivity contribution >= 4 is 5.91 Å². The van der Waals surface area contributed by atoms with Gasteiger partial charge in [0.15, 0.2) is 0 Å². The molecule has 1 rings (SSSR count). The maximum atomic E-state index is 11.1. The van der Waals surface area contributed by atoms with Gasteiger partial charge in [0.2, 0.25) is 5.91 Å². The van der Waals surface area contributed by atoms with Crippen LogP contribution in [-0.4, -0.2) is 27.6 Å². The van der Waals surface area contributed by atoms with Crippen molar-refractivity contribution in [3.05, 3.63) is 12.2 Å². The maximum absolute atomic E-state index is 11.1. The van der Waals surface area contributed by atoms with Gasteiger partial charge >= 0.3 is 0 Å². The minimum atomic E-state index is -0.607. The van der Waals surface area contributed by atoms with Gasteiger partial charge in [-0.1, -0.05) is 0 Å². The highest BCUT2D eigenvalue weighted by Crippen LogP contribution is 1.91. The van der Waals surface area contributed by atoms with Crippen LogP contribution in [0, 0.1) is 17.2 Å². The van der Waals surface area contributed by atoms with Crippen LogP contribution in [-0.2, 0) is 11.2 Å². The van der Waals surface area contributed by atoms with E-state index < -0.39 is 5.92 Å². The quantitative estimate of drug-likeness (QED) is 0.681. The second kappa shape index (κ2) is 4.97. The Kier molecular flexibility index (Phi) is 3.61. The molecule has 0 aromatic carbocycles. The minimum absolute atomic E-state index is 0.257. The molecule has 0 radical (unpaired) electrons. The van der Waals surface area contributed by atoms with Crippen LogP contribution in [0.25, 0.3) is 0 Å². The first-order valence-corrected chi connectivity index (χ1v) is 4.25. The zero-order valence-electron chi connectivity index (χ0n) is 7.82. The summed E-state index contributed by atoms with van der Waals surface area (Å²) in [5.41, 5.74) is 0. The SMILES string of the molecule is CC(C#N)C(=O)NCCc1ncn[nH]1. The Bertz CT molecular complexity index is 326. The third-order valence-electron chi connectivity index (χ3n) is 1.71. The lowest BCUT2D eigenvalue weighted by atomic mass is 10.2. The third-order valence-corrected chi connectivity index (χ3v) is 1.71. The van der Waals surface area contributed by atoms with Crippen LogP contribution in [0.5, 0.6) is 0 Å². The molecular weight excluding hydrogens is 182 g/mol. The van der Waals surface area contributed by atoms with Crippen LogP contribution in [0.4, 0.5) is 0 Å². The second-order valence-corrected chi connectivity index (χ2v) is 2.82. The van der Waals surface area contributed by atoms with Crippen molar-refractivity contribution in [2.24, 2.45) is 5.92 Å². The molecule has 0 aliphatic rings. The Hall–Kier alpha value is -1.90. The van der Waals surface area contributed by atoms with Crippen molar-refractivity contribution in [2.45, 2.75) is 13.3 Å². The molecule has 1 aromatic heterocycles. The zero-order chi connectivity index (χ0) is 10.4. The van der Waals surface area contributed by atoms with E-state index in [1.165, 1.54) is 6.33 Å². The maximum Gasteiger partial charge on any atom is 0.237 e. The number of carbonyl (C=O) groups excluding carboxylic acids is 1. The normalized spacial score (nSPS) is 11.7. The Morgan fingerprint density at radius 1 is 1.86 bits per heavy atom. The summed E-state index contributed by atoms with van der Waals surface area (Å²) in [6.45, 7) is 2.02. The monoisotopic (exact) mass is 193 g/mol. The molecule has 6 heteroatoms. The van der Waals surface area contributed by atoms with E-state index in [1.54, 1.807) is 6.92 Å². The lowest BCUT2D eigenvalue weighted by Crippen LogP contribution is -2.30. The van der Waals surface area contributed by atoms with Crippen LogP contribution >= 0.6 is 0 Å². The van der Waals surface area contributed by atoms with Crippen LogP contribution in [0.2, 0.25) is 0 Å². The average molecular weight is 193 g/mol. The Morgan fingerprint density at radius 3 is 3.21 bits per heavy atom. The molecule has 0 aliphatic carbocycles. The molecule has 1 atom stereocenters. The van der Waals surface area contributed by atoms with Crippen LogP contribution in [0.3, 0.4) is 0 Å². The van der Waals surface area contributed by atoms with Crippen LogP contribution in [0.15, 0.2) is 6.33 Å². The number of hydrogen-bond donors (Lipinski definition) is 2. The van der Waals surface area contributed by atoms with E-state index in [1.807, 2.05) is 6.07 Å². The summed E-state index contributed by atoms with van der Waals surface area (Å²) in [6, 6.07) is 1.86. The number of aromatic nitrogens is 3. The van der Waals surface area contributed by atoms with Gasteiger partial charge in [-0.15, -0.1) is 0 Å². The molecule has 14 heavy (non-hydrogen) atoms. The topological polar surface area (TPSA) is 94.5 Å². The first-order chi connectivity index (χ1) is 6.74. The third kappa shape index (κ3) is 2.86. The molecule has 0 saturated heterocycles. The van der Waals surface area contributed by atoms with Gasteiger partial charge in [-0.2, -0.15) is 10.4 Å². The second-order valence-electron chi connectivity index (χ2n) is 2.82. The van der Waals surface area contributed by atoms with Crippen molar-refractivity contribution in [1.82, 2.24) is 20.5 Å². The first kappa shape index (κ1) is 10.2. The van der Waals surface area contributed by atoms with E-state index in [2.05, 4.69) is 20.5 Å². The average Bonchev–Trinajstić information content (AvgIpc) is 2.69. The van der Waals surface area contributed by atoms with E-state index in [0.717, 1.165) is 5.82 Å². The summed E-state index contributed by atoms with van der Waals surface area (Å²) >= 11 is 0. The highest BCUT2D eigenvalue weighted by atomic mass is 16.1. The van der Waals surface area contributed by atoms with E-state index >= 15 is 0 Å². The Balaban J connectivity index is 2.23. The summed E-state index contributed by atoms with van der Waals surface area (Å²) < 4.78 is 0. The number of hydrogen-bond acceptors (Lipinski definition) is 4. The van der Waals surface area contributed by atoms with Gasteiger partial charge in [-0.3, -0.25) is 9.89 Å². The van der Waals surface area contributed by atoms with Crippen molar-refractivity contribution in [3.8, 4) is 6.07 Å². The van der Waals surface area contributed by atoms with Gasteiger partial charge in [0.1, 0.15) is 18.1 Å². The van der Waals surface area contributed by atoms with E-state index in [4.69, 9.17) is 5.26 Å². The fourth-order valence-corrected chi connectivity index (χ4v) is 0.867. The predicted octanol–water partition coefficient (Wildman–Crippen LogP) is -0.377. The highest BCUT2D eigenvalue weighted by molar-refractivity contribution is 5.80. The lowest BCUT2D eigenvalue weighted by Gasteiger charge is -2.03. The molecule has 74 valence electrons. The Labute approximate surface area is 81.3 Å². The van der Waals surface area contributed by atoms with Crippen molar-refractivity contribution < 1.29 is 4.79 Å². The Morgan fingerprint density at radius 2 is 2.64 bits per heavy atom. The number of nitrogens with one attached hydrogen (secondary N) is 2. The fraction of sp³-hybridized carbons (Fsp3) is 0.500. The van der Waals surface area contributed by atoms with Gasteiger partial charge in [-0.05, 0) is 6.92 Å². The molecule has 1 unspecified atom stereocenters. The van der Waals surface area contributed by atoms with Crippen LogP contribution < -0.4 is 5.32 Å². The standard InChI is InChI=1S/C8H11N5O/c1-6(4-9)8(14)10-3-2-7-11-5-12-13-7/h5-6H,2-3H2,1H3,(H,10,14)(H,11,12,13). The number of nitrogens with zero attached hydrogens (tertiary/aromatic N) is 3. The van der Waals surface area contributed by atoms with E-state index in [-0.39, 0.29) is 5.91 Å². The molecule has 0 saturated carbocycles. The number of amides is 1. The largest absolute Gasteiger partial charge is 0.355 e. The number of nitriles is 1. The van der Waals surface area contributed by atoms with Crippen molar-refractivity contribution in [2.75, 3.05) is 6.54 Å². The van der Waals surface area contributed by atoms with Gasteiger partial charge < -0.3 is 5.32 Å². The number of carbonyl (C=O) groups is 1. The number of rotatable bonds is 4. The van der Waals surface area contributed by atoms with Crippen LogP contribution in [0.1, 0.15) is 12.7 Å². The molecule has 0 fully saturated rings. The summed E-state index contributed by atoms with van der Waals surface area (Å²) in [5, 5.41) is 17.4. The summed E-state index contributed by atoms with van der Waals surface area (Å²) in [4.78, 5) is 15.0. The number of aromatic amines is 1. The minimum Gasteiger partial charge on any atom is -0.355 e. The predicted molar refractivity (Wildman–Crippen MR) is 47.9 cm³/mol. The van der Waals surface area contributed by atoms with Crippen molar-refractivity contribution in [3.63, 3.8) is 0 Å². The fourth-order valence-electron chi connectivity index (χ4n) is 0.867. The van der Waals surface area contributed by atoms with Gasteiger partial charge in [0, 0.05) is 13.0 Å². The molecular formula is C8H11N5O. The van der Waals surface area contributed by atoms with Crippen molar-refractivity contribution in [1.29, 1.82) is 5.26 Å². The van der Waals surface area contributed by atoms with Gasteiger partial charge in [0.25, 0.3) is 0 Å². The lowest BCUT2D eigenvalue weighted by molar-refractivity contribution is -0.122. The zero-order valence-corrected chi connectivity index (χ0v) is 7.82. The summed E-state index contributed by atoms with van der Waals surface area (Å²) in [6.07, 6.45) is 2.00. The van der Waals surface area contributed by atoms with Gasteiger partial charge in [-0.25, -0.2) is 4.98 Å². The summed E-state index contributed by atoms with van der Waals surface area (Å²) in [5.74, 6) is -0.147. The van der Waals surface area contributed by atoms with E-state index in [0.29, 0.717) is 13.0 Å². The molecule has 1 heterocycles. The highest BCUT2D eigenvalue weighted by Gasteiger charge is 2.10. The molecule has 0 bridgehead atoms. The molecule has 0 spiro atoms. The first-order valence-electron chi connectivity index (χ1n) is 4.25. The smallest absolute Gasteiger partial charge is 0.237 e. The van der Waals surface area contributed by atoms with E-state index in [9.17, 15) is 4.79 Å². The molecule has 6 nitrogen and oxygen atoms in total. The van der Waals surface area contributed by atoms with Gasteiger partial charge in [0.05, 0.1) is 6.07 Å². The molecule has 0 aliphatic heterocycles. The summed E-state index contributed by atoms with van der Waals surface area (Å²) in [7, 11) is 0. The molecule has 1 amide bonds. The molecule has 1 aromatic rings. The number of H-pyrrole nitrogens is 1.